The molecule has 0 aliphatic carbocycles. The van der Waals surface area contributed by atoms with Crippen molar-refractivity contribution in [2.45, 2.75) is 6.92 Å². The topological polar surface area (TPSA) is 101 Å². The molecule has 1 aliphatic heterocycles. The maximum absolute atomic E-state index is 12.4. The quantitative estimate of drug-likeness (QED) is 0.745. The monoisotopic (exact) mass is 373 g/mol. The molecular formula is C18H23N5O4. The van der Waals surface area contributed by atoms with Crippen molar-refractivity contribution < 1.29 is 18.7 Å². The van der Waals surface area contributed by atoms with Crippen LogP contribution >= 0.6 is 0 Å². The minimum absolute atomic E-state index is 0.114. The largest absolute Gasteiger partial charge is 0.459 e. The molecule has 144 valence electrons. The van der Waals surface area contributed by atoms with Gasteiger partial charge in [0.25, 0.3) is 11.8 Å². The smallest absolute Gasteiger partial charge is 0.289 e. The number of nitrogens with zero attached hydrogens (tertiary/aromatic N) is 4. The van der Waals surface area contributed by atoms with Gasteiger partial charge >= 0.3 is 0 Å². The first-order chi connectivity index (χ1) is 13.1. The lowest BCUT2D eigenvalue weighted by Crippen LogP contribution is -2.49. The summed E-state index contributed by atoms with van der Waals surface area (Å²) in [5.74, 6) is 1.18. The minimum Gasteiger partial charge on any atom is -0.459 e. The Morgan fingerprint density at radius 2 is 2.04 bits per heavy atom. The third-order valence-electron chi connectivity index (χ3n) is 4.27. The van der Waals surface area contributed by atoms with Crippen LogP contribution in [0.1, 0.15) is 26.9 Å². The SMILES string of the molecule is COCCNC(=O)c1cc(N2CCN(C(=O)c3ccco3)CC2)nc(C)n1. The number of ether oxygens (including phenoxy) is 1. The van der Waals surface area contributed by atoms with Crippen LogP contribution in [0.25, 0.3) is 0 Å². The summed E-state index contributed by atoms with van der Waals surface area (Å²) < 4.78 is 10.1. The molecule has 2 aromatic rings. The lowest BCUT2D eigenvalue weighted by Gasteiger charge is -2.35. The number of rotatable bonds is 6. The molecule has 0 aromatic carbocycles. The average Bonchev–Trinajstić information content (AvgIpc) is 3.22. The summed E-state index contributed by atoms with van der Waals surface area (Å²) >= 11 is 0. The maximum atomic E-state index is 12.4. The number of amides is 2. The van der Waals surface area contributed by atoms with Gasteiger partial charge in [0.2, 0.25) is 0 Å². The van der Waals surface area contributed by atoms with Gasteiger partial charge in [0.15, 0.2) is 5.76 Å². The molecule has 2 amide bonds. The number of carbonyl (C=O) groups excluding carboxylic acids is 2. The molecular weight excluding hydrogens is 350 g/mol. The van der Waals surface area contributed by atoms with Crippen molar-refractivity contribution >= 4 is 17.6 Å². The summed E-state index contributed by atoms with van der Waals surface area (Å²) in [6.07, 6.45) is 1.49. The Bertz CT molecular complexity index is 785. The Kier molecular flexibility index (Phi) is 6.02. The highest BCUT2D eigenvalue weighted by molar-refractivity contribution is 5.93. The van der Waals surface area contributed by atoms with Gasteiger partial charge in [0, 0.05) is 45.9 Å². The van der Waals surface area contributed by atoms with Gasteiger partial charge in [-0.2, -0.15) is 0 Å². The molecule has 9 nitrogen and oxygen atoms in total. The van der Waals surface area contributed by atoms with Crippen LogP contribution in [-0.4, -0.2) is 73.1 Å². The highest BCUT2D eigenvalue weighted by atomic mass is 16.5. The zero-order valence-corrected chi connectivity index (χ0v) is 15.5. The first kappa shape index (κ1) is 18.8. The number of aryl methyl sites for hydroxylation is 1. The van der Waals surface area contributed by atoms with Crippen molar-refractivity contribution in [2.75, 3.05) is 51.3 Å². The minimum atomic E-state index is -0.259. The van der Waals surface area contributed by atoms with Crippen LogP contribution in [-0.2, 0) is 4.74 Å². The van der Waals surface area contributed by atoms with Crippen LogP contribution in [0.4, 0.5) is 5.82 Å². The van der Waals surface area contributed by atoms with E-state index in [1.165, 1.54) is 6.26 Å². The number of piperazine rings is 1. The summed E-state index contributed by atoms with van der Waals surface area (Å²) in [6.45, 7) is 4.96. The predicted molar refractivity (Wildman–Crippen MR) is 97.8 cm³/mol. The normalized spacial score (nSPS) is 14.3. The summed E-state index contributed by atoms with van der Waals surface area (Å²) in [5.41, 5.74) is 0.322. The van der Waals surface area contributed by atoms with E-state index in [4.69, 9.17) is 9.15 Å². The molecule has 0 unspecified atom stereocenters. The van der Waals surface area contributed by atoms with E-state index in [-0.39, 0.29) is 11.8 Å². The fraction of sp³-hybridized carbons (Fsp3) is 0.444. The van der Waals surface area contributed by atoms with Crippen LogP contribution < -0.4 is 10.2 Å². The van der Waals surface area contributed by atoms with E-state index in [0.29, 0.717) is 62.4 Å². The molecule has 27 heavy (non-hydrogen) atoms. The second-order valence-corrected chi connectivity index (χ2v) is 6.16. The van der Waals surface area contributed by atoms with Crippen LogP contribution in [0.15, 0.2) is 28.9 Å². The molecule has 1 saturated heterocycles. The van der Waals surface area contributed by atoms with E-state index in [2.05, 4.69) is 15.3 Å². The first-order valence-electron chi connectivity index (χ1n) is 8.79. The number of hydrogen-bond donors (Lipinski definition) is 1. The molecule has 1 N–H and O–H groups in total. The van der Waals surface area contributed by atoms with Gasteiger partial charge in [0.1, 0.15) is 17.3 Å². The van der Waals surface area contributed by atoms with Gasteiger partial charge in [-0.3, -0.25) is 9.59 Å². The molecule has 1 fully saturated rings. The first-order valence-corrected chi connectivity index (χ1v) is 8.79. The van der Waals surface area contributed by atoms with E-state index in [0.717, 1.165) is 0 Å². The number of anilines is 1. The third-order valence-corrected chi connectivity index (χ3v) is 4.27. The van der Waals surface area contributed by atoms with Gasteiger partial charge < -0.3 is 24.3 Å². The second-order valence-electron chi connectivity index (χ2n) is 6.16. The van der Waals surface area contributed by atoms with Gasteiger partial charge in [-0.25, -0.2) is 9.97 Å². The second kappa shape index (κ2) is 8.63. The highest BCUT2D eigenvalue weighted by Gasteiger charge is 2.25. The van der Waals surface area contributed by atoms with Crippen LogP contribution in [0.3, 0.4) is 0 Å². The number of carbonyl (C=O) groups is 2. The number of aromatic nitrogens is 2. The van der Waals surface area contributed by atoms with E-state index in [1.54, 1.807) is 37.1 Å². The van der Waals surface area contributed by atoms with Crippen molar-refractivity contribution in [1.29, 1.82) is 0 Å². The standard InChI is InChI=1S/C18H23N5O4/c1-13-20-14(17(24)19-5-11-26-2)12-16(21-13)22-6-8-23(9-7-22)18(25)15-4-3-10-27-15/h3-4,10,12H,5-9,11H2,1-2H3,(H,19,24). The van der Waals surface area contributed by atoms with Crippen molar-refractivity contribution in [3.05, 3.63) is 41.7 Å². The number of furan rings is 1. The molecule has 1 aliphatic rings. The molecule has 9 heteroatoms. The van der Waals surface area contributed by atoms with E-state index < -0.39 is 0 Å². The fourth-order valence-corrected chi connectivity index (χ4v) is 2.88. The van der Waals surface area contributed by atoms with Gasteiger partial charge in [-0.05, 0) is 19.1 Å². The van der Waals surface area contributed by atoms with Gasteiger partial charge in [0.05, 0.1) is 12.9 Å². The van der Waals surface area contributed by atoms with Crippen LogP contribution in [0.2, 0.25) is 0 Å². The molecule has 0 spiro atoms. The predicted octanol–water partition coefficient (Wildman–Crippen LogP) is 0.717. The van der Waals surface area contributed by atoms with Gasteiger partial charge in [-0.15, -0.1) is 0 Å². The van der Waals surface area contributed by atoms with Crippen LogP contribution in [0.5, 0.6) is 0 Å². The molecule has 0 atom stereocenters. The number of nitrogens with one attached hydrogen (secondary N) is 1. The summed E-state index contributed by atoms with van der Waals surface area (Å²) in [6, 6.07) is 5.04. The fourth-order valence-electron chi connectivity index (χ4n) is 2.88. The third kappa shape index (κ3) is 4.62. The van der Waals surface area contributed by atoms with Crippen molar-refractivity contribution in [3.8, 4) is 0 Å². The lowest BCUT2D eigenvalue weighted by atomic mass is 10.2. The molecule has 0 radical (unpaired) electrons. The molecule has 3 rings (SSSR count). The highest BCUT2D eigenvalue weighted by Crippen LogP contribution is 2.17. The molecule has 3 heterocycles. The Labute approximate surface area is 157 Å². The van der Waals surface area contributed by atoms with E-state index in [1.807, 2.05) is 4.90 Å². The Balaban J connectivity index is 1.63. The zero-order valence-electron chi connectivity index (χ0n) is 15.5. The average molecular weight is 373 g/mol. The van der Waals surface area contributed by atoms with Crippen molar-refractivity contribution in [1.82, 2.24) is 20.2 Å². The van der Waals surface area contributed by atoms with Gasteiger partial charge in [-0.1, -0.05) is 0 Å². The van der Waals surface area contributed by atoms with Crippen LogP contribution in [0, 0.1) is 6.92 Å². The lowest BCUT2D eigenvalue weighted by molar-refractivity contribution is 0.0714. The summed E-state index contributed by atoms with van der Waals surface area (Å²) in [4.78, 5) is 37.1. The van der Waals surface area contributed by atoms with Crippen molar-refractivity contribution in [2.24, 2.45) is 0 Å². The molecule has 2 aromatic heterocycles. The number of hydrogen-bond acceptors (Lipinski definition) is 7. The Morgan fingerprint density at radius 3 is 2.70 bits per heavy atom. The van der Waals surface area contributed by atoms with Crippen molar-refractivity contribution in [3.63, 3.8) is 0 Å². The Morgan fingerprint density at radius 1 is 1.26 bits per heavy atom. The zero-order chi connectivity index (χ0) is 19.2. The van der Waals surface area contributed by atoms with E-state index >= 15 is 0 Å². The van der Waals surface area contributed by atoms with E-state index in [9.17, 15) is 9.59 Å². The summed E-state index contributed by atoms with van der Waals surface area (Å²) in [7, 11) is 1.58. The molecule has 0 saturated carbocycles. The number of methoxy groups -OCH3 is 1. The maximum Gasteiger partial charge on any atom is 0.289 e. The molecule has 0 bridgehead atoms. The Hall–Kier alpha value is -2.94. The summed E-state index contributed by atoms with van der Waals surface area (Å²) in [5, 5.41) is 2.76.